The molecule has 1 rings (SSSR count). The molecule has 1 aromatic heterocycles. The smallest absolute Gasteiger partial charge is 0.242 e. The molecule has 0 atom stereocenters. The number of unbranched alkanes of at least 4 members (excludes halogenated alkanes) is 1. The van der Waals surface area contributed by atoms with Gasteiger partial charge in [-0.05, 0) is 30.9 Å². The Bertz CT molecular complexity index is 577. The molecule has 110 valence electrons. The molecule has 0 aliphatic rings. The van der Waals surface area contributed by atoms with Gasteiger partial charge in [0.15, 0.2) is 0 Å². The zero-order valence-corrected chi connectivity index (χ0v) is 13.1. The van der Waals surface area contributed by atoms with Gasteiger partial charge in [-0.15, -0.1) is 0 Å². The molecular formula is C13H19N3O2S2. The Hall–Kier alpha value is -1.07. The number of aromatic nitrogens is 1. The molecule has 0 aliphatic carbocycles. The quantitative estimate of drug-likeness (QED) is 0.575. The molecule has 20 heavy (non-hydrogen) atoms. The number of pyridine rings is 1. The summed E-state index contributed by atoms with van der Waals surface area (Å²) in [5.41, 5.74) is 5.82. The van der Waals surface area contributed by atoms with Crippen molar-refractivity contribution in [1.82, 2.24) is 9.71 Å². The third-order valence-corrected chi connectivity index (χ3v) is 4.55. The maximum atomic E-state index is 12.1. The van der Waals surface area contributed by atoms with Crippen LogP contribution < -0.4 is 10.5 Å². The van der Waals surface area contributed by atoms with Gasteiger partial charge in [0.1, 0.15) is 4.90 Å². The number of rotatable bonds is 7. The summed E-state index contributed by atoms with van der Waals surface area (Å²) in [7, 11) is -3.51. The highest BCUT2D eigenvalue weighted by Gasteiger charge is 2.13. The van der Waals surface area contributed by atoms with Gasteiger partial charge in [0.05, 0.1) is 6.54 Å². The van der Waals surface area contributed by atoms with Gasteiger partial charge in [-0.1, -0.05) is 11.8 Å². The van der Waals surface area contributed by atoms with Crippen LogP contribution in [0.25, 0.3) is 0 Å². The van der Waals surface area contributed by atoms with Crippen molar-refractivity contribution >= 4 is 21.8 Å². The standard InChI is InChI=1S/C13H19N3O2S2/c1-19-8-3-2-7-16-20(17,18)13-9-12(5-4-6-14)10-15-11-13/h9-11,16H,2-3,6-8,14H2,1H3. The number of thioether (sulfide) groups is 1. The fraction of sp³-hybridized carbons (Fsp3) is 0.462. The normalized spacial score (nSPS) is 10.9. The summed E-state index contributed by atoms with van der Waals surface area (Å²) in [6.07, 6.45) is 6.67. The van der Waals surface area contributed by atoms with E-state index in [2.05, 4.69) is 21.5 Å². The first-order valence-corrected chi connectivity index (χ1v) is 9.10. The first kappa shape index (κ1) is 17.0. The summed E-state index contributed by atoms with van der Waals surface area (Å²) in [5, 5.41) is 0. The first-order chi connectivity index (χ1) is 9.60. The van der Waals surface area contributed by atoms with Crippen LogP contribution in [0.1, 0.15) is 18.4 Å². The molecule has 1 heterocycles. The Labute approximate surface area is 124 Å². The number of hydrogen-bond acceptors (Lipinski definition) is 5. The second kappa shape index (κ2) is 8.97. The molecular weight excluding hydrogens is 294 g/mol. The van der Waals surface area contributed by atoms with Crippen LogP contribution in [0.4, 0.5) is 0 Å². The van der Waals surface area contributed by atoms with Crippen molar-refractivity contribution in [2.24, 2.45) is 5.73 Å². The van der Waals surface area contributed by atoms with E-state index in [4.69, 9.17) is 5.73 Å². The van der Waals surface area contributed by atoms with Gasteiger partial charge in [-0.25, -0.2) is 13.1 Å². The molecule has 1 aromatic rings. The van der Waals surface area contributed by atoms with Gasteiger partial charge in [0, 0.05) is 24.5 Å². The fourth-order valence-electron chi connectivity index (χ4n) is 1.45. The van der Waals surface area contributed by atoms with E-state index in [-0.39, 0.29) is 11.4 Å². The van der Waals surface area contributed by atoms with Crippen LogP contribution in [-0.4, -0.2) is 38.5 Å². The van der Waals surface area contributed by atoms with E-state index in [1.807, 2.05) is 6.26 Å². The second-order valence-electron chi connectivity index (χ2n) is 4.01. The van der Waals surface area contributed by atoms with Crippen molar-refractivity contribution in [1.29, 1.82) is 0 Å². The van der Waals surface area contributed by atoms with Crippen molar-refractivity contribution in [3.8, 4) is 11.8 Å². The lowest BCUT2D eigenvalue weighted by atomic mass is 10.3. The van der Waals surface area contributed by atoms with E-state index in [1.54, 1.807) is 11.8 Å². The Kier molecular flexibility index (Phi) is 7.62. The molecule has 0 unspecified atom stereocenters. The molecule has 0 fully saturated rings. The van der Waals surface area contributed by atoms with Crippen molar-refractivity contribution in [2.75, 3.05) is 25.1 Å². The average molecular weight is 313 g/mol. The van der Waals surface area contributed by atoms with E-state index < -0.39 is 10.0 Å². The summed E-state index contributed by atoms with van der Waals surface area (Å²) >= 11 is 1.75. The summed E-state index contributed by atoms with van der Waals surface area (Å²) in [5.74, 6) is 6.47. The zero-order valence-electron chi connectivity index (χ0n) is 11.4. The summed E-state index contributed by atoms with van der Waals surface area (Å²) < 4.78 is 26.7. The monoisotopic (exact) mass is 313 g/mol. The molecule has 0 spiro atoms. The van der Waals surface area contributed by atoms with Crippen LogP contribution in [0, 0.1) is 11.8 Å². The zero-order chi connectivity index (χ0) is 14.8. The molecule has 0 aromatic carbocycles. The van der Waals surface area contributed by atoms with Crippen LogP contribution in [0.2, 0.25) is 0 Å². The number of sulfonamides is 1. The minimum Gasteiger partial charge on any atom is -0.320 e. The Morgan fingerprint density at radius 2 is 2.20 bits per heavy atom. The van der Waals surface area contributed by atoms with Crippen LogP contribution in [0.3, 0.4) is 0 Å². The van der Waals surface area contributed by atoms with E-state index in [1.165, 1.54) is 18.5 Å². The predicted molar refractivity (Wildman–Crippen MR) is 83.0 cm³/mol. The van der Waals surface area contributed by atoms with Gasteiger partial charge >= 0.3 is 0 Å². The third-order valence-electron chi connectivity index (χ3n) is 2.43. The second-order valence-corrected chi connectivity index (χ2v) is 6.77. The van der Waals surface area contributed by atoms with Crippen molar-refractivity contribution in [3.05, 3.63) is 24.0 Å². The van der Waals surface area contributed by atoms with Crippen LogP contribution in [0.5, 0.6) is 0 Å². The molecule has 0 bridgehead atoms. The lowest BCUT2D eigenvalue weighted by Gasteiger charge is -2.06. The molecule has 3 N–H and O–H groups in total. The number of nitrogens with two attached hydrogens (primary N) is 1. The highest BCUT2D eigenvalue weighted by molar-refractivity contribution is 7.98. The largest absolute Gasteiger partial charge is 0.320 e. The minimum absolute atomic E-state index is 0.131. The number of nitrogens with one attached hydrogen (secondary N) is 1. The highest BCUT2D eigenvalue weighted by Crippen LogP contribution is 2.09. The maximum absolute atomic E-state index is 12.1. The van der Waals surface area contributed by atoms with Crippen LogP contribution in [0.15, 0.2) is 23.4 Å². The third kappa shape index (κ3) is 5.92. The maximum Gasteiger partial charge on any atom is 0.242 e. The van der Waals surface area contributed by atoms with Crippen LogP contribution in [-0.2, 0) is 10.0 Å². The molecule has 0 saturated carbocycles. The van der Waals surface area contributed by atoms with Gasteiger partial charge < -0.3 is 5.73 Å². The predicted octanol–water partition coefficient (Wildman–Crippen LogP) is 0.813. The molecule has 0 aliphatic heterocycles. The SMILES string of the molecule is CSCCCCNS(=O)(=O)c1cncc(C#CCN)c1. The van der Waals surface area contributed by atoms with Gasteiger partial charge in [-0.2, -0.15) is 11.8 Å². The lowest BCUT2D eigenvalue weighted by molar-refractivity contribution is 0.578. The Morgan fingerprint density at radius 1 is 1.40 bits per heavy atom. The fourth-order valence-corrected chi connectivity index (χ4v) is 3.00. The lowest BCUT2D eigenvalue weighted by Crippen LogP contribution is -2.25. The molecule has 0 amide bonds. The van der Waals surface area contributed by atoms with Gasteiger partial charge in [-0.3, -0.25) is 4.98 Å². The van der Waals surface area contributed by atoms with E-state index in [0.29, 0.717) is 12.1 Å². The first-order valence-electron chi connectivity index (χ1n) is 6.22. The highest BCUT2D eigenvalue weighted by atomic mass is 32.2. The van der Waals surface area contributed by atoms with E-state index in [0.717, 1.165) is 18.6 Å². The molecule has 7 heteroatoms. The molecule has 0 radical (unpaired) electrons. The van der Waals surface area contributed by atoms with Crippen molar-refractivity contribution in [3.63, 3.8) is 0 Å². The minimum atomic E-state index is -3.51. The number of hydrogen-bond donors (Lipinski definition) is 2. The van der Waals surface area contributed by atoms with Gasteiger partial charge in [0.25, 0.3) is 0 Å². The topological polar surface area (TPSA) is 85.1 Å². The number of nitrogens with zero attached hydrogens (tertiary/aromatic N) is 1. The summed E-state index contributed by atoms with van der Waals surface area (Å²) in [6, 6.07) is 1.50. The summed E-state index contributed by atoms with van der Waals surface area (Å²) in [4.78, 5) is 4.03. The molecule has 5 nitrogen and oxygen atoms in total. The van der Waals surface area contributed by atoms with E-state index >= 15 is 0 Å². The average Bonchev–Trinajstić information content (AvgIpc) is 2.45. The van der Waals surface area contributed by atoms with Crippen molar-refractivity contribution in [2.45, 2.75) is 17.7 Å². The molecule has 0 saturated heterocycles. The summed E-state index contributed by atoms with van der Waals surface area (Å²) in [6.45, 7) is 0.659. The Morgan fingerprint density at radius 3 is 2.90 bits per heavy atom. The van der Waals surface area contributed by atoms with E-state index in [9.17, 15) is 8.42 Å². The van der Waals surface area contributed by atoms with Crippen molar-refractivity contribution < 1.29 is 8.42 Å². The Balaban J connectivity index is 2.67. The van der Waals surface area contributed by atoms with Gasteiger partial charge in [0.2, 0.25) is 10.0 Å². The van der Waals surface area contributed by atoms with Crippen LogP contribution >= 0.6 is 11.8 Å².